The molecule has 1 fully saturated rings. The van der Waals surface area contributed by atoms with Crippen LogP contribution in [0.2, 0.25) is 0 Å². The van der Waals surface area contributed by atoms with Crippen LogP contribution in [0.3, 0.4) is 0 Å². The summed E-state index contributed by atoms with van der Waals surface area (Å²) in [6, 6.07) is -0.196. The van der Waals surface area contributed by atoms with Gasteiger partial charge in [-0.2, -0.15) is 0 Å². The molecule has 1 saturated heterocycles. The Balaban J connectivity index is 2.65. The number of piperidine rings is 1. The zero-order valence-electron chi connectivity index (χ0n) is 12.0. The van der Waals surface area contributed by atoms with E-state index in [0.29, 0.717) is 25.6 Å². The van der Waals surface area contributed by atoms with E-state index in [1.54, 1.807) is 12.0 Å². The van der Waals surface area contributed by atoms with E-state index in [1.165, 1.54) is 4.90 Å². The van der Waals surface area contributed by atoms with Crippen molar-refractivity contribution in [2.45, 2.75) is 32.8 Å². The summed E-state index contributed by atoms with van der Waals surface area (Å²) in [5.74, 6) is -0.552. The first-order valence-corrected chi connectivity index (χ1v) is 6.78. The molecule has 6 nitrogen and oxygen atoms in total. The van der Waals surface area contributed by atoms with E-state index in [9.17, 15) is 9.59 Å². The van der Waals surface area contributed by atoms with Crippen molar-refractivity contribution in [3.8, 4) is 0 Å². The van der Waals surface area contributed by atoms with E-state index in [-0.39, 0.29) is 18.7 Å². The van der Waals surface area contributed by atoms with Crippen molar-refractivity contribution >= 4 is 12.0 Å². The van der Waals surface area contributed by atoms with Crippen molar-refractivity contribution in [3.63, 3.8) is 0 Å². The second-order valence-electron chi connectivity index (χ2n) is 5.08. The highest BCUT2D eigenvalue weighted by atomic mass is 16.5. The van der Waals surface area contributed by atoms with Crippen molar-refractivity contribution in [1.82, 2.24) is 9.80 Å². The number of amides is 2. The Hall–Kier alpha value is -1.30. The van der Waals surface area contributed by atoms with Gasteiger partial charge < -0.3 is 19.6 Å². The molecular weight excluding hydrogens is 248 g/mol. The smallest absolute Gasteiger partial charge is 0.323 e. The Morgan fingerprint density at radius 2 is 2.16 bits per heavy atom. The number of carboxylic acids is 1. The summed E-state index contributed by atoms with van der Waals surface area (Å²) in [7, 11) is 1.65. The summed E-state index contributed by atoms with van der Waals surface area (Å²) in [6.45, 7) is 5.47. The second-order valence-corrected chi connectivity index (χ2v) is 5.08. The second kappa shape index (κ2) is 7.33. The standard InChI is InChI=1S/C13H24N2O4/c1-4-6-14(9-12(16)17)13(18)15-7-5-10(2)11(8-15)19-3/h10-11H,4-9H2,1-3H3,(H,16,17). The molecule has 0 saturated carbocycles. The minimum absolute atomic E-state index is 0.0333. The largest absolute Gasteiger partial charge is 0.480 e. The van der Waals surface area contributed by atoms with Crippen LogP contribution >= 0.6 is 0 Å². The Labute approximate surface area is 114 Å². The average Bonchev–Trinajstić information content (AvgIpc) is 2.37. The highest BCUT2D eigenvalue weighted by molar-refractivity contribution is 5.80. The Bertz CT molecular complexity index is 322. The molecule has 0 aliphatic carbocycles. The van der Waals surface area contributed by atoms with Gasteiger partial charge in [-0.05, 0) is 18.8 Å². The number of carboxylic acid groups (broad SMARTS) is 1. The molecule has 1 aliphatic rings. The van der Waals surface area contributed by atoms with Crippen molar-refractivity contribution in [1.29, 1.82) is 0 Å². The number of aliphatic carboxylic acids is 1. The average molecular weight is 272 g/mol. The zero-order valence-corrected chi connectivity index (χ0v) is 12.0. The molecule has 6 heteroatoms. The lowest BCUT2D eigenvalue weighted by atomic mass is 9.96. The van der Waals surface area contributed by atoms with Crippen molar-refractivity contribution < 1.29 is 19.4 Å². The summed E-state index contributed by atoms with van der Waals surface area (Å²) in [4.78, 5) is 26.2. The molecule has 0 aromatic heterocycles. The van der Waals surface area contributed by atoms with Gasteiger partial charge in [0.2, 0.25) is 0 Å². The van der Waals surface area contributed by atoms with Crippen LogP contribution in [-0.2, 0) is 9.53 Å². The Kier molecular flexibility index (Phi) is 6.08. The number of nitrogens with zero attached hydrogens (tertiary/aromatic N) is 2. The maximum absolute atomic E-state index is 12.3. The highest BCUT2D eigenvalue weighted by Gasteiger charge is 2.31. The number of hydrogen-bond acceptors (Lipinski definition) is 3. The summed E-state index contributed by atoms with van der Waals surface area (Å²) in [6.07, 6.45) is 1.67. The van der Waals surface area contributed by atoms with Crippen molar-refractivity contribution in [2.75, 3.05) is 33.3 Å². The number of hydrogen-bond donors (Lipinski definition) is 1. The third-order valence-electron chi connectivity index (χ3n) is 3.55. The van der Waals surface area contributed by atoms with Gasteiger partial charge in [0.1, 0.15) is 6.54 Å². The Morgan fingerprint density at radius 1 is 1.47 bits per heavy atom. The highest BCUT2D eigenvalue weighted by Crippen LogP contribution is 2.20. The fourth-order valence-corrected chi connectivity index (χ4v) is 2.39. The van der Waals surface area contributed by atoms with Gasteiger partial charge in [0, 0.05) is 26.7 Å². The molecule has 0 radical (unpaired) electrons. The van der Waals surface area contributed by atoms with Crippen LogP contribution in [0.5, 0.6) is 0 Å². The summed E-state index contributed by atoms with van der Waals surface area (Å²) in [5.41, 5.74) is 0. The molecule has 110 valence electrons. The van der Waals surface area contributed by atoms with E-state index in [2.05, 4.69) is 6.92 Å². The molecule has 1 heterocycles. The van der Waals surface area contributed by atoms with Crippen LogP contribution in [0.1, 0.15) is 26.7 Å². The molecule has 0 aromatic rings. The van der Waals surface area contributed by atoms with E-state index < -0.39 is 5.97 Å². The third-order valence-corrected chi connectivity index (χ3v) is 3.55. The first-order valence-electron chi connectivity index (χ1n) is 6.78. The quantitative estimate of drug-likeness (QED) is 0.818. The fourth-order valence-electron chi connectivity index (χ4n) is 2.39. The van der Waals surface area contributed by atoms with Crippen LogP contribution in [-0.4, -0.2) is 66.3 Å². The first kappa shape index (κ1) is 15.8. The number of carbonyl (C=O) groups excluding carboxylic acids is 1. The van der Waals surface area contributed by atoms with Gasteiger partial charge in [0.25, 0.3) is 0 Å². The molecule has 2 atom stereocenters. The number of urea groups is 1. The number of ether oxygens (including phenoxy) is 1. The van der Waals surface area contributed by atoms with Gasteiger partial charge in [-0.3, -0.25) is 4.79 Å². The topological polar surface area (TPSA) is 70.1 Å². The number of rotatable bonds is 5. The predicted molar refractivity (Wildman–Crippen MR) is 71.0 cm³/mol. The summed E-state index contributed by atoms with van der Waals surface area (Å²) in [5, 5.41) is 8.86. The number of methoxy groups -OCH3 is 1. The molecule has 1 N–H and O–H groups in total. The Morgan fingerprint density at radius 3 is 2.68 bits per heavy atom. The minimum Gasteiger partial charge on any atom is -0.480 e. The molecule has 0 bridgehead atoms. The third kappa shape index (κ3) is 4.38. The maximum atomic E-state index is 12.3. The zero-order chi connectivity index (χ0) is 14.4. The molecule has 2 amide bonds. The van der Waals surface area contributed by atoms with E-state index in [0.717, 1.165) is 12.8 Å². The minimum atomic E-state index is -0.976. The lowest BCUT2D eigenvalue weighted by Crippen LogP contribution is -2.52. The van der Waals surface area contributed by atoms with Crippen LogP contribution in [0.15, 0.2) is 0 Å². The van der Waals surface area contributed by atoms with Crippen LogP contribution in [0.4, 0.5) is 4.79 Å². The maximum Gasteiger partial charge on any atom is 0.323 e. The molecule has 19 heavy (non-hydrogen) atoms. The first-order chi connectivity index (χ1) is 8.99. The lowest BCUT2D eigenvalue weighted by Gasteiger charge is -2.38. The predicted octanol–water partition coefficient (Wildman–Crippen LogP) is 1.26. The number of carbonyl (C=O) groups is 2. The molecule has 1 rings (SSSR count). The van der Waals surface area contributed by atoms with Crippen molar-refractivity contribution in [3.05, 3.63) is 0 Å². The SMILES string of the molecule is CCCN(CC(=O)O)C(=O)N1CCC(C)C(OC)C1. The van der Waals surface area contributed by atoms with Gasteiger partial charge in [0.15, 0.2) is 0 Å². The molecule has 1 aliphatic heterocycles. The van der Waals surface area contributed by atoms with E-state index >= 15 is 0 Å². The van der Waals surface area contributed by atoms with Gasteiger partial charge in [-0.1, -0.05) is 13.8 Å². The van der Waals surface area contributed by atoms with Crippen LogP contribution < -0.4 is 0 Å². The van der Waals surface area contributed by atoms with Crippen LogP contribution in [0, 0.1) is 5.92 Å². The lowest BCUT2D eigenvalue weighted by molar-refractivity contribution is -0.137. The summed E-state index contributed by atoms with van der Waals surface area (Å²) >= 11 is 0. The normalized spacial score (nSPS) is 23.2. The van der Waals surface area contributed by atoms with Gasteiger partial charge in [-0.15, -0.1) is 0 Å². The van der Waals surface area contributed by atoms with Gasteiger partial charge in [-0.25, -0.2) is 4.79 Å². The molecule has 2 unspecified atom stereocenters. The van der Waals surface area contributed by atoms with Crippen LogP contribution in [0.25, 0.3) is 0 Å². The van der Waals surface area contributed by atoms with Crippen molar-refractivity contribution in [2.24, 2.45) is 5.92 Å². The van der Waals surface area contributed by atoms with E-state index in [4.69, 9.17) is 9.84 Å². The number of likely N-dealkylation sites (tertiary alicyclic amines) is 1. The van der Waals surface area contributed by atoms with E-state index in [1.807, 2.05) is 6.92 Å². The molecule has 0 spiro atoms. The van der Waals surface area contributed by atoms with Gasteiger partial charge >= 0.3 is 12.0 Å². The fraction of sp³-hybridized carbons (Fsp3) is 0.846. The monoisotopic (exact) mass is 272 g/mol. The molecular formula is C13H24N2O4. The summed E-state index contributed by atoms with van der Waals surface area (Å²) < 4.78 is 5.38. The molecule has 0 aromatic carbocycles. The van der Waals surface area contributed by atoms with Gasteiger partial charge in [0.05, 0.1) is 6.10 Å².